The van der Waals surface area contributed by atoms with Gasteiger partial charge in [0.05, 0.1) is 5.92 Å². The largest absolute Gasteiger partial charge is 0.481 e. The molecule has 0 bridgehead atoms. The molecule has 2 heterocycles. The molecule has 2 N–H and O–H groups in total. The van der Waals surface area contributed by atoms with E-state index in [0.29, 0.717) is 44.9 Å². The van der Waals surface area contributed by atoms with E-state index in [0.717, 1.165) is 6.54 Å². The number of carboxylic acid groups (broad SMARTS) is 1. The third-order valence-electron chi connectivity index (χ3n) is 8.03. The maximum absolute atomic E-state index is 13.4. The predicted octanol–water partition coefficient (Wildman–Crippen LogP) is 5.54. The maximum atomic E-state index is 13.4. The number of benzene rings is 3. The van der Waals surface area contributed by atoms with Crippen molar-refractivity contribution in [2.24, 2.45) is 11.8 Å². The molecule has 7 heteroatoms. The number of piperidine rings is 1. The van der Waals surface area contributed by atoms with E-state index in [2.05, 4.69) is 79.0 Å². The van der Waals surface area contributed by atoms with Crippen molar-refractivity contribution in [1.82, 2.24) is 15.1 Å². The zero-order valence-electron chi connectivity index (χ0n) is 21.3. The number of nitrogens with zero attached hydrogens (tertiary/aromatic N) is 2. The Hall–Kier alpha value is -3.09. The maximum Gasteiger partial charge on any atom is 0.320 e. The van der Waals surface area contributed by atoms with Crippen LogP contribution in [0.25, 0.3) is 10.8 Å². The number of carboxylic acids is 1. The first kappa shape index (κ1) is 27.0. The van der Waals surface area contributed by atoms with Gasteiger partial charge in [0.2, 0.25) is 0 Å². The quantitative estimate of drug-likeness (QED) is 0.446. The Kier molecular flexibility index (Phi) is 8.72. The zero-order valence-corrected chi connectivity index (χ0v) is 22.1. The summed E-state index contributed by atoms with van der Waals surface area (Å²) in [5, 5.41) is 15.6. The summed E-state index contributed by atoms with van der Waals surface area (Å²) in [4.78, 5) is 28.5. The Morgan fingerprint density at radius 1 is 0.919 bits per heavy atom. The molecule has 3 aromatic carbocycles. The van der Waals surface area contributed by atoms with Crippen LogP contribution in [-0.2, 0) is 4.79 Å². The number of fused-ring (bicyclic) bond motifs is 1. The van der Waals surface area contributed by atoms with Crippen molar-refractivity contribution in [1.29, 1.82) is 0 Å². The summed E-state index contributed by atoms with van der Waals surface area (Å²) in [6.45, 7) is 5.45. The highest BCUT2D eigenvalue weighted by Crippen LogP contribution is 2.34. The number of urea groups is 1. The smallest absolute Gasteiger partial charge is 0.320 e. The standard InChI is InChI=1S/C30H35N3O3.ClH/c1-21(26-13-7-11-22-10-5-6-12-27(22)26)31-18-25-19-33(20-28(25)23-8-3-2-4-9-23)30(36)32-16-14-24(15-17-32)29(34)35;/h2-13,21,24-25,28,31H,14-20H2,1H3,(H,34,35);1H/t21-,25-,28-;/m1./s1. The lowest BCUT2D eigenvalue weighted by atomic mass is 9.88. The molecule has 0 aromatic heterocycles. The molecule has 3 atom stereocenters. The molecule has 0 radical (unpaired) electrons. The fourth-order valence-electron chi connectivity index (χ4n) is 5.90. The van der Waals surface area contributed by atoms with Gasteiger partial charge in [-0.3, -0.25) is 4.79 Å². The molecule has 3 aromatic rings. The van der Waals surface area contributed by atoms with E-state index in [1.807, 2.05) is 15.9 Å². The van der Waals surface area contributed by atoms with Gasteiger partial charge in [-0.2, -0.15) is 0 Å². The highest BCUT2D eigenvalue weighted by molar-refractivity contribution is 5.86. The number of amides is 2. The zero-order chi connectivity index (χ0) is 25.1. The van der Waals surface area contributed by atoms with Gasteiger partial charge in [-0.15, -0.1) is 12.4 Å². The van der Waals surface area contributed by atoms with E-state index in [1.165, 1.54) is 21.9 Å². The van der Waals surface area contributed by atoms with Crippen molar-refractivity contribution in [2.75, 3.05) is 32.7 Å². The first-order valence-electron chi connectivity index (χ1n) is 13.0. The van der Waals surface area contributed by atoms with E-state index >= 15 is 0 Å². The number of aliphatic carboxylic acids is 1. The fraction of sp³-hybridized carbons (Fsp3) is 0.400. The van der Waals surface area contributed by atoms with Gasteiger partial charge in [0.15, 0.2) is 0 Å². The summed E-state index contributed by atoms with van der Waals surface area (Å²) >= 11 is 0. The summed E-state index contributed by atoms with van der Waals surface area (Å²) in [6, 6.07) is 25.7. The van der Waals surface area contributed by atoms with Crippen LogP contribution >= 0.6 is 12.4 Å². The van der Waals surface area contributed by atoms with Crippen molar-refractivity contribution in [2.45, 2.75) is 31.7 Å². The Balaban J connectivity index is 0.00000320. The van der Waals surface area contributed by atoms with Crippen molar-refractivity contribution in [3.05, 3.63) is 83.9 Å². The molecule has 2 saturated heterocycles. The summed E-state index contributed by atoms with van der Waals surface area (Å²) in [7, 11) is 0. The average molecular weight is 522 g/mol. The number of carbonyl (C=O) groups excluding carboxylic acids is 1. The van der Waals surface area contributed by atoms with Crippen molar-refractivity contribution < 1.29 is 14.7 Å². The SMILES string of the molecule is C[C@@H](NC[C@@H]1CN(C(=O)N2CCC(C(=O)O)CC2)C[C@@H]1c1ccccc1)c1cccc2ccccc12.Cl. The monoisotopic (exact) mass is 521 g/mol. The Morgan fingerprint density at radius 2 is 1.59 bits per heavy atom. The molecule has 0 spiro atoms. The Labute approximate surface area is 225 Å². The topological polar surface area (TPSA) is 72.9 Å². The van der Waals surface area contributed by atoms with E-state index in [1.54, 1.807) is 0 Å². The molecular formula is C30H36ClN3O3. The summed E-state index contributed by atoms with van der Waals surface area (Å²) in [6.07, 6.45) is 1.06. The lowest BCUT2D eigenvalue weighted by molar-refractivity contribution is -0.143. The van der Waals surface area contributed by atoms with Crippen LogP contribution in [0.1, 0.15) is 42.9 Å². The van der Waals surface area contributed by atoms with E-state index in [9.17, 15) is 14.7 Å². The molecular weight excluding hydrogens is 486 g/mol. The van der Waals surface area contributed by atoms with Gasteiger partial charge in [-0.25, -0.2) is 4.79 Å². The van der Waals surface area contributed by atoms with Crippen molar-refractivity contribution in [3.8, 4) is 0 Å². The molecule has 37 heavy (non-hydrogen) atoms. The van der Waals surface area contributed by atoms with E-state index < -0.39 is 5.97 Å². The molecule has 0 aliphatic carbocycles. The van der Waals surface area contributed by atoms with Crippen LogP contribution in [0.2, 0.25) is 0 Å². The van der Waals surface area contributed by atoms with Gasteiger partial charge >= 0.3 is 12.0 Å². The normalized spacial score (nSPS) is 21.0. The third kappa shape index (κ3) is 5.91. The second kappa shape index (κ2) is 12.0. The van der Waals surface area contributed by atoms with Crippen LogP contribution in [0.5, 0.6) is 0 Å². The van der Waals surface area contributed by atoms with E-state index in [4.69, 9.17) is 0 Å². The van der Waals surface area contributed by atoms with Crippen LogP contribution in [-0.4, -0.2) is 59.6 Å². The molecule has 0 saturated carbocycles. The molecule has 2 fully saturated rings. The number of carbonyl (C=O) groups is 2. The highest BCUT2D eigenvalue weighted by atomic mass is 35.5. The minimum absolute atomic E-state index is 0. The summed E-state index contributed by atoms with van der Waals surface area (Å²) in [5.74, 6) is -0.527. The Morgan fingerprint density at radius 3 is 2.32 bits per heavy atom. The molecule has 196 valence electrons. The predicted molar refractivity (Wildman–Crippen MR) is 149 cm³/mol. The van der Waals surface area contributed by atoms with Gasteiger partial charge in [-0.05, 0) is 47.6 Å². The second-order valence-electron chi connectivity index (χ2n) is 10.3. The van der Waals surface area contributed by atoms with Crippen molar-refractivity contribution in [3.63, 3.8) is 0 Å². The number of hydrogen-bond donors (Lipinski definition) is 2. The van der Waals surface area contributed by atoms with Crippen LogP contribution in [0, 0.1) is 11.8 Å². The minimum Gasteiger partial charge on any atom is -0.481 e. The molecule has 6 nitrogen and oxygen atoms in total. The lowest BCUT2D eigenvalue weighted by Crippen LogP contribution is -2.47. The third-order valence-corrected chi connectivity index (χ3v) is 8.03. The van der Waals surface area contributed by atoms with Gasteiger partial charge in [0, 0.05) is 44.7 Å². The summed E-state index contributed by atoms with van der Waals surface area (Å²) < 4.78 is 0. The lowest BCUT2D eigenvalue weighted by Gasteiger charge is -2.33. The summed E-state index contributed by atoms with van der Waals surface area (Å²) in [5.41, 5.74) is 2.55. The number of nitrogens with one attached hydrogen (secondary N) is 1. The molecule has 2 amide bonds. The second-order valence-corrected chi connectivity index (χ2v) is 10.3. The fourth-order valence-corrected chi connectivity index (χ4v) is 5.90. The van der Waals surface area contributed by atoms with Crippen LogP contribution < -0.4 is 5.32 Å². The van der Waals surface area contributed by atoms with Crippen LogP contribution in [0.3, 0.4) is 0 Å². The average Bonchev–Trinajstić information content (AvgIpc) is 3.36. The minimum atomic E-state index is -0.751. The number of rotatable bonds is 6. The van der Waals surface area contributed by atoms with Gasteiger partial charge in [0.1, 0.15) is 0 Å². The van der Waals surface area contributed by atoms with Gasteiger partial charge < -0.3 is 20.2 Å². The van der Waals surface area contributed by atoms with Crippen LogP contribution in [0.4, 0.5) is 4.79 Å². The first-order valence-corrected chi connectivity index (χ1v) is 13.0. The molecule has 2 aliphatic rings. The number of hydrogen-bond acceptors (Lipinski definition) is 3. The Bertz CT molecular complexity index is 1210. The molecule has 5 rings (SSSR count). The van der Waals surface area contributed by atoms with E-state index in [-0.39, 0.29) is 36.3 Å². The molecule has 2 aliphatic heterocycles. The first-order chi connectivity index (χ1) is 17.5. The highest BCUT2D eigenvalue weighted by Gasteiger charge is 2.38. The molecule has 0 unspecified atom stereocenters. The number of halogens is 1. The van der Waals surface area contributed by atoms with Gasteiger partial charge in [0.25, 0.3) is 0 Å². The number of likely N-dealkylation sites (tertiary alicyclic amines) is 2. The van der Waals surface area contributed by atoms with Crippen LogP contribution in [0.15, 0.2) is 72.8 Å². The van der Waals surface area contributed by atoms with Crippen molar-refractivity contribution >= 4 is 35.2 Å². The van der Waals surface area contributed by atoms with Gasteiger partial charge in [-0.1, -0.05) is 72.8 Å².